The molecule has 2 amide bonds. The summed E-state index contributed by atoms with van der Waals surface area (Å²) in [4.78, 5) is 37.7. The number of rotatable bonds is 10. The molecule has 0 aliphatic heterocycles. The normalized spacial score (nSPS) is 10.6. The summed E-state index contributed by atoms with van der Waals surface area (Å²) in [5.74, 6) is 1.18. The quantitative estimate of drug-likeness (QED) is 0.110. The molecule has 2 heterocycles. The first kappa shape index (κ1) is 31.0. The zero-order chi connectivity index (χ0) is 31.8. The number of anilines is 3. The molecule has 0 spiro atoms. The maximum absolute atomic E-state index is 12.8. The third-order valence-corrected chi connectivity index (χ3v) is 6.72. The molecule has 0 unspecified atom stereocenters. The van der Waals surface area contributed by atoms with Gasteiger partial charge in [-0.2, -0.15) is 15.0 Å². The van der Waals surface area contributed by atoms with Crippen molar-refractivity contribution in [2.45, 2.75) is 6.42 Å². The van der Waals surface area contributed by atoms with E-state index in [1.54, 1.807) is 62.8 Å². The van der Waals surface area contributed by atoms with Crippen LogP contribution in [0.3, 0.4) is 0 Å². The Morgan fingerprint density at radius 2 is 1.60 bits per heavy atom. The lowest BCUT2D eigenvalue weighted by atomic mass is 10.1. The highest BCUT2D eigenvalue weighted by atomic mass is 35.5. The lowest BCUT2D eigenvalue weighted by Crippen LogP contribution is -2.31. The number of hydrogen-bond acceptors (Lipinski definition) is 10. The maximum atomic E-state index is 12.8. The zero-order valence-corrected chi connectivity index (χ0v) is 25.5. The Balaban J connectivity index is 1.34. The van der Waals surface area contributed by atoms with Gasteiger partial charge in [0.2, 0.25) is 11.9 Å². The predicted octanol–water partition coefficient (Wildman–Crippen LogP) is 5.61. The van der Waals surface area contributed by atoms with Crippen molar-refractivity contribution in [3.8, 4) is 23.3 Å². The largest absolute Gasteiger partial charge is 0.493 e. The molecule has 2 aromatic heterocycles. The molecule has 4 N–H and O–H groups in total. The lowest BCUT2D eigenvalue weighted by Gasteiger charge is -2.13. The highest BCUT2D eigenvalue weighted by molar-refractivity contribution is 7.80. The molecule has 5 rings (SSSR count). The zero-order valence-electron chi connectivity index (χ0n) is 23.9. The highest BCUT2D eigenvalue weighted by Gasteiger charge is 2.16. The summed E-state index contributed by atoms with van der Waals surface area (Å²) in [7, 11) is 3.15. The van der Waals surface area contributed by atoms with Crippen molar-refractivity contribution in [2.75, 3.05) is 36.7 Å². The molecule has 0 saturated heterocycles. The van der Waals surface area contributed by atoms with Gasteiger partial charge < -0.3 is 34.6 Å². The number of methoxy groups -OCH3 is 2. The van der Waals surface area contributed by atoms with Crippen LogP contribution < -0.4 is 41.1 Å². The SMILES string of the molecule is COc1ccc(CCNC(=S)Nc2nc(NC(=O)Nc3ccccc3Cl)nc(Oc3cc(=O)oc4ccccc34)n2)cc1OC. The van der Waals surface area contributed by atoms with Crippen LogP contribution in [0, 0.1) is 0 Å². The maximum Gasteiger partial charge on any atom is 0.339 e. The first-order chi connectivity index (χ1) is 21.8. The van der Waals surface area contributed by atoms with E-state index in [1.807, 2.05) is 18.2 Å². The molecule has 0 fully saturated rings. The number of hydrogen-bond donors (Lipinski definition) is 4. The second-order valence-electron chi connectivity index (χ2n) is 9.17. The first-order valence-electron chi connectivity index (χ1n) is 13.4. The Bertz CT molecular complexity index is 1920. The number of nitrogens with zero attached hydrogens (tertiary/aromatic N) is 3. The summed E-state index contributed by atoms with van der Waals surface area (Å²) in [6.07, 6.45) is 0.617. The van der Waals surface area contributed by atoms with Crippen LogP contribution in [0.5, 0.6) is 23.3 Å². The Kier molecular flexibility index (Phi) is 9.87. The van der Waals surface area contributed by atoms with Crippen molar-refractivity contribution < 1.29 is 23.4 Å². The van der Waals surface area contributed by atoms with Crippen LogP contribution in [0.25, 0.3) is 11.0 Å². The Hall–Kier alpha value is -5.47. The first-order valence-corrected chi connectivity index (χ1v) is 14.1. The number of urea groups is 1. The van der Waals surface area contributed by atoms with E-state index in [9.17, 15) is 9.59 Å². The fourth-order valence-electron chi connectivity index (χ4n) is 4.10. The van der Waals surface area contributed by atoms with Gasteiger partial charge in [0.05, 0.1) is 36.4 Å². The molecule has 3 aromatic carbocycles. The molecular formula is C30H26ClN7O6S. The van der Waals surface area contributed by atoms with E-state index in [-0.39, 0.29) is 28.8 Å². The van der Waals surface area contributed by atoms with Crippen LogP contribution in [-0.4, -0.2) is 46.9 Å². The van der Waals surface area contributed by atoms with Gasteiger partial charge in [-0.25, -0.2) is 9.59 Å². The summed E-state index contributed by atoms with van der Waals surface area (Å²) in [6, 6.07) is 19.4. The van der Waals surface area contributed by atoms with Gasteiger partial charge in [-0.1, -0.05) is 41.9 Å². The molecule has 0 bridgehead atoms. The second-order valence-corrected chi connectivity index (χ2v) is 9.99. The van der Waals surface area contributed by atoms with E-state index >= 15 is 0 Å². The third-order valence-electron chi connectivity index (χ3n) is 6.15. The van der Waals surface area contributed by atoms with E-state index in [0.29, 0.717) is 46.1 Å². The summed E-state index contributed by atoms with van der Waals surface area (Å²) in [5, 5.41) is 12.2. The van der Waals surface area contributed by atoms with E-state index in [0.717, 1.165) is 11.6 Å². The lowest BCUT2D eigenvalue weighted by molar-refractivity contribution is 0.262. The van der Waals surface area contributed by atoms with Crippen molar-refractivity contribution in [2.24, 2.45) is 0 Å². The summed E-state index contributed by atoms with van der Waals surface area (Å²) < 4.78 is 21.8. The summed E-state index contributed by atoms with van der Waals surface area (Å²) in [6.45, 7) is 0.465. The Morgan fingerprint density at radius 3 is 2.38 bits per heavy atom. The van der Waals surface area contributed by atoms with E-state index in [4.69, 9.17) is 42.4 Å². The number of carbonyl (C=O) groups excluding carboxylic acids is 1. The Labute approximate surface area is 266 Å². The minimum absolute atomic E-state index is 0.0380. The number of benzene rings is 3. The van der Waals surface area contributed by atoms with Gasteiger partial charge in [-0.05, 0) is 60.6 Å². The van der Waals surface area contributed by atoms with Crippen molar-refractivity contribution >= 4 is 63.5 Å². The number of thiocarbonyl (C=S) groups is 1. The average molecular weight is 648 g/mol. The molecule has 230 valence electrons. The highest BCUT2D eigenvalue weighted by Crippen LogP contribution is 2.29. The minimum atomic E-state index is -0.673. The van der Waals surface area contributed by atoms with E-state index in [1.165, 1.54) is 0 Å². The molecule has 45 heavy (non-hydrogen) atoms. The number of fused-ring (bicyclic) bond motifs is 1. The van der Waals surface area contributed by atoms with Gasteiger partial charge >= 0.3 is 17.7 Å². The molecule has 13 nitrogen and oxygen atoms in total. The molecule has 0 saturated carbocycles. The molecule has 0 radical (unpaired) electrons. The Morgan fingerprint density at radius 1 is 0.867 bits per heavy atom. The van der Waals surface area contributed by atoms with Crippen LogP contribution in [-0.2, 0) is 6.42 Å². The van der Waals surface area contributed by atoms with Crippen LogP contribution in [0.2, 0.25) is 5.02 Å². The number of ether oxygens (including phenoxy) is 3. The molecule has 0 atom stereocenters. The molecular weight excluding hydrogens is 622 g/mol. The number of halogens is 1. The van der Waals surface area contributed by atoms with Crippen LogP contribution in [0.4, 0.5) is 22.4 Å². The van der Waals surface area contributed by atoms with Crippen molar-refractivity contribution in [1.29, 1.82) is 0 Å². The number of aromatic nitrogens is 3. The monoisotopic (exact) mass is 647 g/mol. The van der Waals surface area contributed by atoms with Gasteiger partial charge in [0.1, 0.15) is 11.3 Å². The fourth-order valence-corrected chi connectivity index (χ4v) is 4.47. The third kappa shape index (κ3) is 8.13. The van der Waals surface area contributed by atoms with Gasteiger partial charge in [0.25, 0.3) is 0 Å². The topological polar surface area (TPSA) is 162 Å². The number of amides is 2. The van der Waals surface area contributed by atoms with E-state index < -0.39 is 11.7 Å². The number of para-hydroxylation sites is 2. The summed E-state index contributed by atoms with van der Waals surface area (Å²) >= 11 is 11.6. The van der Waals surface area contributed by atoms with Gasteiger partial charge in [0, 0.05) is 6.54 Å². The summed E-state index contributed by atoms with van der Waals surface area (Å²) in [5.41, 5.74) is 1.05. The van der Waals surface area contributed by atoms with Gasteiger partial charge in [0.15, 0.2) is 16.6 Å². The minimum Gasteiger partial charge on any atom is -0.493 e. The predicted molar refractivity (Wildman–Crippen MR) is 174 cm³/mol. The van der Waals surface area contributed by atoms with Crippen LogP contribution >= 0.6 is 23.8 Å². The second kappa shape index (κ2) is 14.3. The van der Waals surface area contributed by atoms with Crippen molar-refractivity contribution in [3.63, 3.8) is 0 Å². The number of carbonyl (C=O) groups is 1. The van der Waals surface area contributed by atoms with Crippen molar-refractivity contribution in [1.82, 2.24) is 20.3 Å². The fraction of sp³-hybridized carbons (Fsp3) is 0.133. The van der Waals surface area contributed by atoms with Crippen molar-refractivity contribution in [3.05, 3.63) is 93.8 Å². The standard InChI is InChI=1S/C30H26ClN7O6S/c1-41-22-12-11-17(15-24(22)42-2)13-14-32-30(45)38-27-34-26(35-28(40)33-20-9-5-4-8-19(20)31)36-29(37-27)44-23-16-25(39)43-21-10-6-3-7-18(21)23/h3-12,15-16H,13-14H2,1-2H3,(H4,32,33,34,35,36,37,38,40,45). The van der Waals surface area contributed by atoms with E-state index in [2.05, 4.69) is 36.2 Å². The molecule has 15 heteroatoms. The van der Waals surface area contributed by atoms with Gasteiger partial charge in [-0.3, -0.25) is 5.32 Å². The van der Waals surface area contributed by atoms with Crippen LogP contribution in [0.15, 0.2) is 82.0 Å². The molecule has 5 aromatic rings. The number of nitrogens with one attached hydrogen (secondary N) is 4. The smallest absolute Gasteiger partial charge is 0.339 e. The molecule has 0 aliphatic rings. The van der Waals surface area contributed by atoms with Crippen LogP contribution in [0.1, 0.15) is 5.56 Å². The van der Waals surface area contributed by atoms with Gasteiger partial charge in [-0.15, -0.1) is 0 Å². The average Bonchev–Trinajstić information content (AvgIpc) is 3.02. The molecule has 0 aliphatic carbocycles.